The molecule has 27 heavy (non-hydrogen) atoms. The molecule has 0 saturated carbocycles. The predicted molar refractivity (Wildman–Crippen MR) is 105 cm³/mol. The summed E-state index contributed by atoms with van der Waals surface area (Å²) in [5.41, 5.74) is 1.49. The molecule has 0 radical (unpaired) electrons. The molecular weight excluding hydrogens is 415 g/mol. The molecule has 0 spiro atoms. The van der Waals surface area contributed by atoms with E-state index in [9.17, 15) is 15.0 Å². The normalized spacial score (nSPS) is 13.4. The highest BCUT2D eigenvalue weighted by atomic mass is 35.5. The average molecular weight is 430 g/mol. The van der Waals surface area contributed by atoms with E-state index in [4.69, 9.17) is 44.3 Å². The van der Waals surface area contributed by atoms with Gasteiger partial charge < -0.3 is 19.7 Å². The standard InChI is InChI=1S/C19H15Cl3O5/c1-5-6(2)9-12(21)14(23)8(4)16-18(9)26-17-10(19(25)27-16)7(3)11(20)15(24)13(17)22/h5,23-24H,1-4H3. The fourth-order valence-corrected chi connectivity index (χ4v) is 3.69. The van der Waals surface area contributed by atoms with Gasteiger partial charge in [-0.05, 0) is 38.8 Å². The maximum Gasteiger partial charge on any atom is 0.347 e. The summed E-state index contributed by atoms with van der Waals surface area (Å²) >= 11 is 18.6. The molecule has 142 valence electrons. The van der Waals surface area contributed by atoms with E-state index in [0.29, 0.717) is 11.1 Å². The quantitative estimate of drug-likeness (QED) is 0.404. The number of benzene rings is 2. The molecule has 2 aromatic rings. The first-order valence-corrected chi connectivity index (χ1v) is 9.03. The van der Waals surface area contributed by atoms with E-state index in [0.717, 1.165) is 0 Å². The molecule has 2 N–H and O–H groups in total. The fraction of sp³-hybridized carbons (Fsp3) is 0.211. The largest absolute Gasteiger partial charge is 0.506 e. The van der Waals surface area contributed by atoms with E-state index in [-0.39, 0.29) is 54.8 Å². The Labute approximate surface area is 170 Å². The summed E-state index contributed by atoms with van der Waals surface area (Å²) in [6, 6.07) is 0. The summed E-state index contributed by atoms with van der Waals surface area (Å²) in [7, 11) is 0. The van der Waals surface area contributed by atoms with E-state index in [1.54, 1.807) is 26.8 Å². The molecule has 0 aromatic heterocycles. The third-order valence-corrected chi connectivity index (χ3v) is 5.71. The van der Waals surface area contributed by atoms with E-state index in [2.05, 4.69) is 0 Å². The van der Waals surface area contributed by atoms with E-state index in [1.165, 1.54) is 6.92 Å². The summed E-state index contributed by atoms with van der Waals surface area (Å²) in [5.74, 6) is -1.37. The second-order valence-corrected chi connectivity index (χ2v) is 7.22. The number of carbonyl (C=O) groups excluding carboxylic acids is 1. The zero-order valence-electron chi connectivity index (χ0n) is 14.8. The van der Waals surface area contributed by atoms with E-state index >= 15 is 0 Å². The minimum Gasteiger partial charge on any atom is -0.506 e. The van der Waals surface area contributed by atoms with Gasteiger partial charge in [0.05, 0.1) is 10.0 Å². The Morgan fingerprint density at radius 1 is 0.889 bits per heavy atom. The van der Waals surface area contributed by atoms with Crippen LogP contribution in [0.15, 0.2) is 6.08 Å². The van der Waals surface area contributed by atoms with Crippen LogP contribution < -0.4 is 9.47 Å². The van der Waals surface area contributed by atoms with Crippen molar-refractivity contribution in [3.8, 4) is 28.7 Å². The van der Waals surface area contributed by atoms with Crippen molar-refractivity contribution in [3.05, 3.63) is 43.4 Å². The number of rotatable bonds is 1. The molecule has 0 unspecified atom stereocenters. The van der Waals surface area contributed by atoms with Gasteiger partial charge in [0.2, 0.25) is 0 Å². The van der Waals surface area contributed by atoms with Gasteiger partial charge in [-0.15, -0.1) is 0 Å². The molecule has 1 aliphatic rings. The highest BCUT2D eigenvalue weighted by Crippen LogP contribution is 2.55. The topological polar surface area (TPSA) is 76.0 Å². The second-order valence-electron chi connectivity index (χ2n) is 6.09. The number of esters is 1. The Hall–Kier alpha value is -2.08. The maximum atomic E-state index is 12.8. The number of halogens is 3. The van der Waals surface area contributed by atoms with Crippen LogP contribution in [0, 0.1) is 13.8 Å². The average Bonchev–Trinajstić information content (AvgIpc) is 2.79. The molecule has 0 bridgehead atoms. The highest BCUT2D eigenvalue weighted by molar-refractivity contribution is 6.39. The lowest BCUT2D eigenvalue weighted by Crippen LogP contribution is -2.10. The van der Waals surface area contributed by atoms with Crippen molar-refractivity contribution in [2.24, 2.45) is 0 Å². The van der Waals surface area contributed by atoms with Crippen molar-refractivity contribution in [1.29, 1.82) is 0 Å². The number of phenolic OH excluding ortho intramolecular Hbond substituents is 2. The lowest BCUT2D eigenvalue weighted by atomic mass is 10.0. The molecule has 0 saturated heterocycles. The highest BCUT2D eigenvalue weighted by Gasteiger charge is 2.35. The van der Waals surface area contributed by atoms with Crippen LogP contribution in [0.3, 0.4) is 0 Å². The third-order valence-electron chi connectivity index (χ3n) is 4.53. The number of hydrogen-bond acceptors (Lipinski definition) is 5. The van der Waals surface area contributed by atoms with Crippen LogP contribution in [-0.4, -0.2) is 16.2 Å². The fourth-order valence-electron chi connectivity index (χ4n) is 2.85. The van der Waals surface area contributed by atoms with Gasteiger partial charge in [0.1, 0.15) is 16.3 Å². The Balaban J connectivity index is 2.45. The summed E-state index contributed by atoms with van der Waals surface area (Å²) < 4.78 is 11.5. The van der Waals surface area contributed by atoms with Gasteiger partial charge in [0.25, 0.3) is 0 Å². The molecular formula is C19H15Cl3O5. The summed E-state index contributed by atoms with van der Waals surface area (Å²) in [6.07, 6.45) is 1.76. The van der Waals surface area contributed by atoms with E-state index in [1.807, 2.05) is 0 Å². The lowest BCUT2D eigenvalue weighted by Gasteiger charge is -2.18. The first-order chi connectivity index (χ1) is 12.6. The molecule has 2 aromatic carbocycles. The van der Waals surface area contributed by atoms with Crippen LogP contribution in [0.25, 0.3) is 5.57 Å². The number of phenols is 2. The van der Waals surface area contributed by atoms with Crippen LogP contribution in [0.2, 0.25) is 15.1 Å². The van der Waals surface area contributed by atoms with Crippen LogP contribution in [0.4, 0.5) is 0 Å². The first-order valence-electron chi connectivity index (χ1n) is 7.90. The zero-order valence-corrected chi connectivity index (χ0v) is 17.1. The van der Waals surface area contributed by atoms with Gasteiger partial charge >= 0.3 is 5.97 Å². The van der Waals surface area contributed by atoms with Gasteiger partial charge in [-0.25, -0.2) is 4.79 Å². The molecule has 1 aliphatic heterocycles. The molecule has 0 aliphatic carbocycles. The molecule has 5 nitrogen and oxygen atoms in total. The van der Waals surface area contributed by atoms with Crippen molar-refractivity contribution in [2.45, 2.75) is 27.7 Å². The summed E-state index contributed by atoms with van der Waals surface area (Å²) in [5, 5.41) is 20.3. The molecule has 0 atom stereocenters. The summed E-state index contributed by atoms with van der Waals surface area (Å²) in [4.78, 5) is 12.8. The van der Waals surface area contributed by atoms with Crippen molar-refractivity contribution in [1.82, 2.24) is 0 Å². The number of carbonyl (C=O) groups is 1. The Kier molecular flexibility index (Phi) is 4.97. The number of aromatic hydroxyl groups is 2. The Bertz CT molecular complexity index is 1040. The minimum atomic E-state index is -0.779. The van der Waals surface area contributed by atoms with Crippen LogP contribution in [-0.2, 0) is 0 Å². The number of fused-ring (bicyclic) bond motifs is 2. The van der Waals surface area contributed by atoms with Crippen LogP contribution >= 0.6 is 34.8 Å². The van der Waals surface area contributed by atoms with Crippen LogP contribution in [0.1, 0.15) is 40.9 Å². The number of hydrogen-bond donors (Lipinski definition) is 2. The van der Waals surface area contributed by atoms with Gasteiger partial charge in [0, 0.05) is 11.1 Å². The van der Waals surface area contributed by atoms with Gasteiger partial charge in [0.15, 0.2) is 23.0 Å². The number of allylic oxidation sites excluding steroid dienone is 2. The lowest BCUT2D eigenvalue weighted by molar-refractivity contribution is 0.0735. The van der Waals surface area contributed by atoms with Crippen LogP contribution in [0.5, 0.6) is 28.7 Å². The molecule has 0 amide bonds. The monoisotopic (exact) mass is 428 g/mol. The van der Waals surface area contributed by atoms with Gasteiger partial charge in [-0.2, -0.15) is 0 Å². The molecule has 8 heteroatoms. The number of ether oxygens (including phenoxy) is 2. The molecule has 1 heterocycles. The first kappa shape index (κ1) is 19.7. The minimum absolute atomic E-state index is 0.0142. The smallest absolute Gasteiger partial charge is 0.347 e. The molecule has 0 fully saturated rings. The zero-order chi connectivity index (χ0) is 20.2. The Morgan fingerprint density at radius 2 is 1.52 bits per heavy atom. The predicted octanol–water partition coefficient (Wildman–Crippen LogP) is 6.42. The van der Waals surface area contributed by atoms with Crippen molar-refractivity contribution >= 4 is 46.3 Å². The Morgan fingerprint density at radius 3 is 2.11 bits per heavy atom. The third kappa shape index (κ3) is 2.81. The SMILES string of the molecule is CC=C(C)c1c(Cl)c(O)c(C)c2c1Oc1c(Cl)c(O)c(Cl)c(C)c1C(=O)O2. The van der Waals surface area contributed by atoms with Crippen molar-refractivity contribution in [3.63, 3.8) is 0 Å². The van der Waals surface area contributed by atoms with Crippen molar-refractivity contribution < 1.29 is 24.5 Å². The second kappa shape index (κ2) is 6.82. The van der Waals surface area contributed by atoms with Gasteiger partial charge in [-0.3, -0.25) is 0 Å². The van der Waals surface area contributed by atoms with Crippen molar-refractivity contribution in [2.75, 3.05) is 0 Å². The summed E-state index contributed by atoms with van der Waals surface area (Å²) in [6.45, 7) is 6.63. The maximum absolute atomic E-state index is 12.8. The molecule has 3 rings (SSSR count). The van der Waals surface area contributed by atoms with Gasteiger partial charge in [-0.1, -0.05) is 40.9 Å². The van der Waals surface area contributed by atoms with E-state index < -0.39 is 11.7 Å².